The molecule has 0 saturated carbocycles. The van der Waals surface area contributed by atoms with Crippen LogP contribution in [0.5, 0.6) is 0 Å². The maximum atomic E-state index is 12.6. The van der Waals surface area contributed by atoms with Gasteiger partial charge in [0.15, 0.2) is 11.5 Å². The first-order chi connectivity index (χ1) is 12.4. The minimum Gasteiger partial charge on any atom is -0.503 e. The molecule has 1 N–H and O–H groups in total. The molecule has 0 bridgehead atoms. The van der Waals surface area contributed by atoms with Crippen LogP contribution >= 0.6 is 0 Å². The van der Waals surface area contributed by atoms with Crippen LogP contribution in [0.2, 0.25) is 0 Å². The summed E-state index contributed by atoms with van der Waals surface area (Å²) in [4.78, 5) is 40.7. The molecule has 1 aromatic carbocycles. The van der Waals surface area contributed by atoms with Gasteiger partial charge in [-0.05, 0) is 24.6 Å². The van der Waals surface area contributed by atoms with E-state index in [1.54, 1.807) is 30.6 Å². The number of hydrogen-bond acceptors (Lipinski definition) is 6. The van der Waals surface area contributed by atoms with Gasteiger partial charge in [0.25, 0.3) is 11.6 Å². The second-order valence-electron chi connectivity index (χ2n) is 5.83. The number of pyridine rings is 1. The van der Waals surface area contributed by atoms with Gasteiger partial charge < -0.3 is 10.0 Å². The molecule has 132 valence electrons. The lowest BCUT2D eigenvalue weighted by atomic mass is 9.95. The monoisotopic (exact) mass is 353 g/mol. The maximum Gasteiger partial charge on any atom is 0.290 e. The van der Waals surface area contributed by atoms with Crippen molar-refractivity contribution in [1.29, 1.82) is 0 Å². The Labute approximate surface area is 148 Å². The summed E-state index contributed by atoms with van der Waals surface area (Å²) in [5.41, 5.74) is 0.467. The molecule has 0 spiro atoms. The number of nitro groups is 1. The second-order valence-corrected chi connectivity index (χ2v) is 5.83. The molecule has 0 saturated heterocycles. The lowest BCUT2D eigenvalue weighted by Crippen LogP contribution is -2.31. The summed E-state index contributed by atoms with van der Waals surface area (Å²) in [5, 5.41) is 21.6. The largest absolute Gasteiger partial charge is 0.503 e. The zero-order chi connectivity index (χ0) is 18.8. The molecule has 1 atom stereocenters. The molecule has 2 aromatic rings. The molecular weight excluding hydrogens is 338 g/mol. The number of nitrogens with zero attached hydrogens (tertiary/aromatic N) is 3. The van der Waals surface area contributed by atoms with E-state index in [-0.39, 0.29) is 23.4 Å². The van der Waals surface area contributed by atoms with Gasteiger partial charge in [-0.15, -0.1) is 0 Å². The quantitative estimate of drug-likeness (QED) is 0.652. The van der Waals surface area contributed by atoms with Crippen LogP contribution < -0.4 is 0 Å². The maximum absolute atomic E-state index is 12.6. The molecule has 3 rings (SSSR count). The summed E-state index contributed by atoms with van der Waals surface area (Å²) in [7, 11) is 0. The van der Waals surface area contributed by atoms with Gasteiger partial charge in [0, 0.05) is 25.0 Å². The number of ketones is 1. The predicted octanol–water partition coefficient (Wildman–Crippen LogP) is 2.47. The first-order valence-electron chi connectivity index (χ1n) is 7.79. The fourth-order valence-electron chi connectivity index (χ4n) is 3.07. The van der Waals surface area contributed by atoms with Gasteiger partial charge in [0.2, 0.25) is 0 Å². The van der Waals surface area contributed by atoms with Crippen molar-refractivity contribution in [2.75, 3.05) is 0 Å². The Kier molecular flexibility index (Phi) is 4.49. The van der Waals surface area contributed by atoms with Crippen molar-refractivity contribution in [3.05, 3.63) is 81.4 Å². The van der Waals surface area contributed by atoms with Gasteiger partial charge >= 0.3 is 0 Å². The Hall–Kier alpha value is -3.55. The third-order valence-electron chi connectivity index (χ3n) is 4.19. The van der Waals surface area contributed by atoms with Crippen molar-refractivity contribution in [3.8, 4) is 0 Å². The van der Waals surface area contributed by atoms with Crippen molar-refractivity contribution >= 4 is 17.4 Å². The number of para-hydroxylation sites is 1. The van der Waals surface area contributed by atoms with E-state index >= 15 is 0 Å². The summed E-state index contributed by atoms with van der Waals surface area (Å²) in [5.74, 6) is -1.94. The van der Waals surface area contributed by atoms with Crippen molar-refractivity contribution in [1.82, 2.24) is 9.88 Å². The van der Waals surface area contributed by atoms with Crippen molar-refractivity contribution < 1.29 is 19.6 Å². The SMILES string of the molecule is CC(=O)C1=C(O)C(=O)N(Cc2cccnc2)[C@H]1c1ccccc1[N+](=O)[O-]. The van der Waals surface area contributed by atoms with Crippen LogP contribution in [0.1, 0.15) is 24.1 Å². The van der Waals surface area contributed by atoms with Crippen LogP contribution in [0.15, 0.2) is 60.1 Å². The van der Waals surface area contributed by atoms with Gasteiger partial charge in [0.05, 0.1) is 22.1 Å². The van der Waals surface area contributed by atoms with E-state index in [9.17, 15) is 24.8 Å². The summed E-state index contributed by atoms with van der Waals surface area (Å²) >= 11 is 0. The predicted molar refractivity (Wildman–Crippen MR) is 91.0 cm³/mol. The fourth-order valence-corrected chi connectivity index (χ4v) is 3.07. The number of aliphatic hydroxyl groups excluding tert-OH is 1. The number of benzene rings is 1. The van der Waals surface area contributed by atoms with Crippen LogP contribution in [0.3, 0.4) is 0 Å². The average Bonchev–Trinajstić information content (AvgIpc) is 2.87. The number of aromatic nitrogens is 1. The van der Waals surface area contributed by atoms with Gasteiger partial charge in [-0.3, -0.25) is 24.7 Å². The zero-order valence-corrected chi connectivity index (χ0v) is 13.8. The zero-order valence-electron chi connectivity index (χ0n) is 13.8. The number of amides is 1. The number of hydrogen-bond donors (Lipinski definition) is 1. The average molecular weight is 353 g/mol. The Balaban J connectivity index is 2.14. The van der Waals surface area contributed by atoms with Crippen LogP contribution in [0.25, 0.3) is 0 Å². The van der Waals surface area contributed by atoms with Gasteiger partial charge in [0.1, 0.15) is 0 Å². The summed E-state index contributed by atoms with van der Waals surface area (Å²) in [6, 6.07) is 8.25. The molecule has 8 nitrogen and oxygen atoms in total. The Morgan fingerprint density at radius 1 is 1.31 bits per heavy atom. The summed E-state index contributed by atoms with van der Waals surface area (Å²) in [6.45, 7) is 1.26. The van der Waals surface area contributed by atoms with E-state index in [1.165, 1.54) is 30.0 Å². The molecule has 0 fully saturated rings. The number of nitro benzene ring substituents is 1. The smallest absolute Gasteiger partial charge is 0.290 e. The van der Waals surface area contributed by atoms with Gasteiger partial charge in [-0.2, -0.15) is 0 Å². The van der Waals surface area contributed by atoms with Crippen LogP contribution in [0, 0.1) is 10.1 Å². The molecule has 2 heterocycles. The highest BCUT2D eigenvalue weighted by atomic mass is 16.6. The molecule has 1 aliphatic rings. The third-order valence-corrected chi connectivity index (χ3v) is 4.19. The van der Waals surface area contributed by atoms with E-state index in [2.05, 4.69) is 4.98 Å². The first kappa shape index (κ1) is 17.3. The highest BCUT2D eigenvalue weighted by molar-refractivity contribution is 6.08. The van der Waals surface area contributed by atoms with E-state index in [0.717, 1.165) is 0 Å². The molecule has 8 heteroatoms. The minimum absolute atomic E-state index is 0.0459. The standard InChI is InChI=1S/C18H15N3O5/c1-11(22)15-16(13-6-2-3-7-14(13)21(25)26)20(18(24)17(15)23)10-12-5-4-8-19-9-12/h2-9,16,23H,10H2,1H3/t16-/m0/s1. The molecular formula is C18H15N3O5. The molecule has 26 heavy (non-hydrogen) atoms. The van der Waals surface area contributed by atoms with Gasteiger partial charge in [-0.1, -0.05) is 18.2 Å². The topological polar surface area (TPSA) is 114 Å². The fraction of sp³-hybridized carbons (Fsp3) is 0.167. The summed E-state index contributed by atoms with van der Waals surface area (Å²) in [6.07, 6.45) is 3.12. The van der Waals surface area contributed by atoms with E-state index in [4.69, 9.17) is 0 Å². The summed E-state index contributed by atoms with van der Waals surface area (Å²) < 4.78 is 0. The number of carbonyl (C=O) groups excluding carboxylic acids is 2. The molecule has 0 radical (unpaired) electrons. The number of aliphatic hydroxyl groups is 1. The molecule has 1 amide bonds. The highest BCUT2D eigenvalue weighted by Crippen LogP contribution is 2.41. The van der Waals surface area contributed by atoms with Crippen LogP contribution in [-0.4, -0.2) is 31.6 Å². The minimum atomic E-state index is -1.04. The van der Waals surface area contributed by atoms with Crippen molar-refractivity contribution in [2.24, 2.45) is 0 Å². The number of Topliss-reactive ketones (excluding diaryl/α,β-unsaturated/α-hetero) is 1. The number of carbonyl (C=O) groups is 2. The van der Waals surface area contributed by atoms with Crippen molar-refractivity contribution in [3.63, 3.8) is 0 Å². The molecule has 1 aliphatic heterocycles. The Morgan fingerprint density at radius 2 is 2.04 bits per heavy atom. The molecule has 0 aliphatic carbocycles. The van der Waals surface area contributed by atoms with Crippen molar-refractivity contribution in [2.45, 2.75) is 19.5 Å². The molecule has 1 aromatic heterocycles. The van der Waals surface area contributed by atoms with Crippen LogP contribution in [0.4, 0.5) is 5.69 Å². The van der Waals surface area contributed by atoms with E-state index in [0.29, 0.717) is 5.56 Å². The van der Waals surface area contributed by atoms with E-state index in [1.807, 2.05) is 0 Å². The lowest BCUT2D eigenvalue weighted by Gasteiger charge is -2.26. The lowest BCUT2D eigenvalue weighted by molar-refractivity contribution is -0.385. The number of rotatable bonds is 5. The highest BCUT2D eigenvalue weighted by Gasteiger charge is 2.44. The Bertz CT molecular complexity index is 923. The van der Waals surface area contributed by atoms with Gasteiger partial charge in [-0.25, -0.2) is 0 Å². The van der Waals surface area contributed by atoms with E-state index < -0.39 is 28.4 Å². The second kappa shape index (κ2) is 6.75. The normalized spacial score (nSPS) is 16.9. The third kappa shape index (κ3) is 2.92. The van der Waals surface area contributed by atoms with Crippen LogP contribution in [-0.2, 0) is 16.1 Å². The molecule has 0 unspecified atom stereocenters. The Morgan fingerprint density at radius 3 is 2.65 bits per heavy atom. The first-order valence-corrected chi connectivity index (χ1v) is 7.79.